The minimum Gasteiger partial charge on any atom is -0.480 e. The van der Waals surface area contributed by atoms with Crippen LogP contribution in [0, 0.1) is 5.92 Å². The summed E-state index contributed by atoms with van der Waals surface area (Å²) in [6, 6.07) is -1.17. The Morgan fingerprint density at radius 2 is 1.77 bits per heavy atom. The number of carbonyl (C=O) groups excluding carboxylic acids is 3. The first-order valence-electron chi connectivity index (χ1n) is 6.56. The van der Waals surface area contributed by atoms with Gasteiger partial charge in [0.1, 0.15) is 12.6 Å². The smallest absolute Gasteiger partial charge is 0.328 e. The first kappa shape index (κ1) is 20.2. The number of rotatable bonds is 9. The average Bonchev–Trinajstić information content (AvgIpc) is 2.51. The van der Waals surface area contributed by atoms with E-state index in [2.05, 4.69) is 22.1 Å². The van der Waals surface area contributed by atoms with E-state index < -0.39 is 42.3 Å². The number of ether oxygens (including phenoxy) is 2. The van der Waals surface area contributed by atoms with Gasteiger partial charge in [-0.05, 0) is 6.42 Å². The second kappa shape index (κ2) is 10.0. The van der Waals surface area contributed by atoms with Crippen molar-refractivity contribution in [3.63, 3.8) is 0 Å². The zero-order valence-electron chi connectivity index (χ0n) is 12.8. The zero-order valence-corrected chi connectivity index (χ0v) is 13.7. The molecular formula is C13H21NO7S. The first-order chi connectivity index (χ1) is 10.3. The van der Waals surface area contributed by atoms with Gasteiger partial charge in [-0.15, -0.1) is 0 Å². The lowest BCUT2D eigenvalue weighted by molar-refractivity contribution is -0.158. The highest BCUT2D eigenvalue weighted by molar-refractivity contribution is 7.80. The van der Waals surface area contributed by atoms with Crippen molar-refractivity contribution < 1.29 is 33.8 Å². The second-order valence-electron chi connectivity index (χ2n) is 4.60. The first-order valence-corrected chi connectivity index (χ1v) is 7.19. The highest BCUT2D eigenvalue weighted by Crippen LogP contribution is 2.15. The summed E-state index contributed by atoms with van der Waals surface area (Å²) in [6.07, 6.45) is -0.230. The van der Waals surface area contributed by atoms with E-state index in [0.717, 1.165) is 12.0 Å². The van der Waals surface area contributed by atoms with Crippen LogP contribution in [-0.4, -0.2) is 66.4 Å². The molecule has 0 bridgehead atoms. The zero-order chi connectivity index (χ0) is 17.3. The van der Waals surface area contributed by atoms with Gasteiger partial charge in [0.2, 0.25) is 5.91 Å². The third-order valence-electron chi connectivity index (χ3n) is 2.98. The van der Waals surface area contributed by atoms with Crippen molar-refractivity contribution in [2.45, 2.75) is 25.8 Å². The van der Waals surface area contributed by atoms with E-state index in [-0.39, 0.29) is 18.6 Å². The molecule has 0 saturated carbocycles. The molecule has 126 valence electrons. The lowest BCUT2D eigenvalue weighted by atomic mass is 10.1. The summed E-state index contributed by atoms with van der Waals surface area (Å²) in [5, 5.41) is 8.96. The van der Waals surface area contributed by atoms with Crippen molar-refractivity contribution in [1.29, 1.82) is 0 Å². The summed E-state index contributed by atoms with van der Waals surface area (Å²) in [5.74, 6) is -3.55. The fourth-order valence-corrected chi connectivity index (χ4v) is 1.90. The van der Waals surface area contributed by atoms with Crippen molar-refractivity contribution in [2.24, 2.45) is 5.92 Å². The van der Waals surface area contributed by atoms with Gasteiger partial charge >= 0.3 is 17.9 Å². The normalized spacial score (nSPS) is 12.9. The van der Waals surface area contributed by atoms with Crippen LogP contribution in [0.3, 0.4) is 0 Å². The Hall–Kier alpha value is -1.77. The minimum atomic E-state index is -1.27. The van der Waals surface area contributed by atoms with Crippen LogP contribution in [0.4, 0.5) is 0 Å². The molecule has 0 aromatic heterocycles. The molecule has 8 nitrogen and oxygen atoms in total. The standard InChI is InChI=1S/C13H21NO7S/c1-8(7-22)12(18)14(6-10(15)16)9(13(19)21-3)4-5-11(17)20-2/h8-9,22H,4-7H2,1-3H3,(H,15,16)/t8?,9-/m1/s1. The minimum absolute atomic E-state index is 0.0857. The number of aliphatic carboxylic acids is 1. The summed E-state index contributed by atoms with van der Waals surface area (Å²) in [4.78, 5) is 47.3. The Morgan fingerprint density at radius 1 is 1.18 bits per heavy atom. The summed E-state index contributed by atoms with van der Waals surface area (Å²) in [7, 11) is 2.32. The highest BCUT2D eigenvalue weighted by atomic mass is 32.1. The van der Waals surface area contributed by atoms with Gasteiger partial charge in [-0.1, -0.05) is 6.92 Å². The molecule has 0 aliphatic carbocycles. The Morgan fingerprint density at radius 3 is 2.18 bits per heavy atom. The van der Waals surface area contributed by atoms with Crippen LogP contribution in [-0.2, 0) is 28.7 Å². The lowest BCUT2D eigenvalue weighted by Gasteiger charge is -2.30. The fourth-order valence-electron chi connectivity index (χ4n) is 1.74. The van der Waals surface area contributed by atoms with Gasteiger partial charge in [0.15, 0.2) is 0 Å². The van der Waals surface area contributed by atoms with E-state index in [1.165, 1.54) is 7.11 Å². The van der Waals surface area contributed by atoms with E-state index in [4.69, 9.17) is 5.11 Å². The maximum atomic E-state index is 12.3. The van der Waals surface area contributed by atoms with E-state index in [1.54, 1.807) is 6.92 Å². The monoisotopic (exact) mass is 335 g/mol. The molecule has 0 spiro atoms. The van der Waals surface area contributed by atoms with Crippen LogP contribution >= 0.6 is 12.6 Å². The Labute approximate surface area is 134 Å². The van der Waals surface area contributed by atoms with Crippen LogP contribution in [0.1, 0.15) is 19.8 Å². The van der Waals surface area contributed by atoms with E-state index in [0.29, 0.717) is 0 Å². The third-order valence-corrected chi connectivity index (χ3v) is 3.53. The maximum absolute atomic E-state index is 12.3. The predicted octanol–water partition coefficient (Wildman–Crippen LogP) is -0.0397. The molecule has 2 atom stereocenters. The molecule has 0 saturated heterocycles. The van der Waals surface area contributed by atoms with E-state index in [1.807, 2.05) is 0 Å². The fraction of sp³-hybridized carbons (Fsp3) is 0.692. The topological polar surface area (TPSA) is 110 Å². The van der Waals surface area contributed by atoms with Crippen molar-refractivity contribution in [2.75, 3.05) is 26.5 Å². The summed E-state index contributed by atoms with van der Waals surface area (Å²) in [6.45, 7) is 0.900. The molecule has 0 aliphatic heterocycles. The SMILES string of the molecule is COC(=O)CC[C@H](C(=O)OC)N(CC(=O)O)C(=O)C(C)CS. The van der Waals surface area contributed by atoms with Crippen molar-refractivity contribution in [3.05, 3.63) is 0 Å². The maximum Gasteiger partial charge on any atom is 0.328 e. The number of hydrogen-bond acceptors (Lipinski definition) is 7. The molecule has 0 fully saturated rings. The second-order valence-corrected chi connectivity index (χ2v) is 4.96. The molecule has 0 heterocycles. The number of carboxylic acid groups (broad SMARTS) is 1. The molecule has 1 amide bonds. The molecule has 0 rings (SSSR count). The summed E-state index contributed by atoms with van der Waals surface area (Å²) >= 11 is 4.00. The summed E-state index contributed by atoms with van der Waals surface area (Å²) < 4.78 is 9.09. The number of hydrogen-bond donors (Lipinski definition) is 2. The van der Waals surface area contributed by atoms with Crippen LogP contribution in [0.5, 0.6) is 0 Å². The highest BCUT2D eigenvalue weighted by Gasteiger charge is 2.34. The Balaban J connectivity index is 5.33. The molecule has 0 aromatic carbocycles. The Bertz CT molecular complexity index is 427. The third kappa shape index (κ3) is 6.33. The molecule has 1 unspecified atom stereocenters. The number of thiol groups is 1. The molecule has 0 aromatic rings. The van der Waals surface area contributed by atoms with Crippen LogP contribution < -0.4 is 0 Å². The van der Waals surface area contributed by atoms with Gasteiger partial charge < -0.3 is 19.5 Å². The van der Waals surface area contributed by atoms with Gasteiger partial charge in [0, 0.05) is 18.1 Å². The van der Waals surface area contributed by atoms with Gasteiger partial charge in [-0.25, -0.2) is 4.79 Å². The molecule has 0 radical (unpaired) electrons. The largest absolute Gasteiger partial charge is 0.480 e. The van der Waals surface area contributed by atoms with Crippen LogP contribution in [0.2, 0.25) is 0 Å². The van der Waals surface area contributed by atoms with Crippen LogP contribution in [0.15, 0.2) is 0 Å². The van der Waals surface area contributed by atoms with Crippen LogP contribution in [0.25, 0.3) is 0 Å². The Kier molecular flexibility index (Phi) is 9.23. The quantitative estimate of drug-likeness (QED) is 0.449. The van der Waals surface area contributed by atoms with E-state index in [9.17, 15) is 19.2 Å². The summed E-state index contributed by atoms with van der Waals surface area (Å²) in [5.41, 5.74) is 0. The molecular weight excluding hydrogens is 314 g/mol. The number of nitrogens with zero attached hydrogens (tertiary/aromatic N) is 1. The van der Waals surface area contributed by atoms with Crippen molar-refractivity contribution in [1.82, 2.24) is 4.90 Å². The molecule has 22 heavy (non-hydrogen) atoms. The van der Waals surface area contributed by atoms with Gasteiger partial charge in [-0.3, -0.25) is 14.4 Å². The number of amides is 1. The number of methoxy groups -OCH3 is 2. The number of carboxylic acids is 1. The predicted molar refractivity (Wildman–Crippen MR) is 79.4 cm³/mol. The van der Waals surface area contributed by atoms with Crippen molar-refractivity contribution in [3.8, 4) is 0 Å². The number of esters is 2. The van der Waals surface area contributed by atoms with Gasteiger partial charge in [-0.2, -0.15) is 12.6 Å². The molecule has 1 N–H and O–H groups in total. The van der Waals surface area contributed by atoms with Gasteiger partial charge in [0.05, 0.1) is 14.2 Å². The average molecular weight is 335 g/mol. The van der Waals surface area contributed by atoms with Crippen molar-refractivity contribution >= 4 is 36.4 Å². The van der Waals surface area contributed by atoms with Gasteiger partial charge in [0.25, 0.3) is 0 Å². The lowest BCUT2D eigenvalue weighted by Crippen LogP contribution is -2.50. The van der Waals surface area contributed by atoms with E-state index >= 15 is 0 Å². The molecule has 9 heteroatoms. The number of carbonyl (C=O) groups is 4. The molecule has 0 aliphatic rings.